The average Bonchev–Trinajstić information content (AvgIpc) is 3.05. The van der Waals surface area contributed by atoms with E-state index in [1.807, 2.05) is 0 Å². The number of fused-ring (bicyclic) bond motifs is 2. The highest BCUT2D eigenvalue weighted by atomic mass is 16.7. The number of ketones is 1. The first-order valence-corrected chi connectivity index (χ1v) is 6.53. The Kier molecular flexibility index (Phi) is 3.29. The molecule has 0 radical (unpaired) electrons. The molecule has 6 nitrogen and oxygen atoms in total. The largest absolute Gasteiger partial charge is 0.463 e. The minimum atomic E-state index is -0.562. The van der Waals surface area contributed by atoms with Crippen LogP contribution in [0, 0.1) is 0 Å². The lowest BCUT2D eigenvalue weighted by Gasteiger charge is -1.98. The van der Waals surface area contributed by atoms with Gasteiger partial charge < -0.3 is 23.4 Å². The fourth-order valence-corrected chi connectivity index (χ4v) is 2.31. The summed E-state index contributed by atoms with van der Waals surface area (Å²) >= 11 is 0. The monoisotopic (exact) mass is 290 g/mol. The van der Waals surface area contributed by atoms with Crippen molar-refractivity contribution in [3.8, 4) is 11.5 Å². The van der Waals surface area contributed by atoms with Crippen LogP contribution in [-0.2, 0) is 16.0 Å². The average molecular weight is 290 g/mol. The van der Waals surface area contributed by atoms with Crippen molar-refractivity contribution in [3.05, 3.63) is 23.7 Å². The summed E-state index contributed by atoms with van der Waals surface area (Å²) in [5, 5.41) is 1.34. The summed E-state index contributed by atoms with van der Waals surface area (Å²) < 4.78 is 21.0. The Labute approximate surface area is 120 Å². The van der Waals surface area contributed by atoms with Gasteiger partial charge in [0.25, 0.3) is 0 Å². The second-order valence-electron chi connectivity index (χ2n) is 4.80. The summed E-state index contributed by atoms with van der Waals surface area (Å²) in [6.45, 7) is 1.66. The maximum Gasteiger partial charge on any atom is 0.374 e. The zero-order chi connectivity index (χ0) is 15.0. The minimum absolute atomic E-state index is 0.0555. The molecule has 1 aliphatic heterocycles. The zero-order valence-electron chi connectivity index (χ0n) is 11.7. The van der Waals surface area contributed by atoms with Gasteiger partial charge in [-0.15, -0.1) is 0 Å². The van der Waals surface area contributed by atoms with E-state index >= 15 is 0 Å². The predicted molar refractivity (Wildman–Crippen MR) is 72.7 cm³/mol. The molecule has 110 valence electrons. The molecule has 0 atom stereocenters. The van der Waals surface area contributed by atoms with E-state index in [4.69, 9.17) is 18.6 Å². The van der Waals surface area contributed by atoms with Gasteiger partial charge in [0.15, 0.2) is 11.5 Å². The van der Waals surface area contributed by atoms with Crippen molar-refractivity contribution in [3.63, 3.8) is 0 Å². The molecule has 0 spiro atoms. The van der Waals surface area contributed by atoms with Crippen molar-refractivity contribution in [1.82, 2.24) is 0 Å². The molecular formula is C15H14O6. The molecule has 6 heteroatoms. The fraction of sp³-hybridized carbons (Fsp3) is 0.333. The van der Waals surface area contributed by atoms with Gasteiger partial charge in [-0.2, -0.15) is 0 Å². The Hall–Kier alpha value is -2.50. The molecule has 1 aromatic carbocycles. The van der Waals surface area contributed by atoms with Crippen LogP contribution in [0.5, 0.6) is 11.5 Å². The van der Waals surface area contributed by atoms with Crippen LogP contribution in [0.3, 0.4) is 0 Å². The van der Waals surface area contributed by atoms with Crippen LogP contribution in [0.2, 0.25) is 0 Å². The number of Topliss-reactive ketones (excluding diaryl/α,β-unsaturated/α-hetero) is 1. The van der Waals surface area contributed by atoms with Crippen LogP contribution in [0.1, 0.15) is 29.7 Å². The highest BCUT2D eigenvalue weighted by Crippen LogP contribution is 2.40. The number of aryl methyl sites for hydroxylation is 1. The van der Waals surface area contributed by atoms with Crippen LogP contribution < -0.4 is 9.47 Å². The lowest BCUT2D eigenvalue weighted by molar-refractivity contribution is -0.117. The normalized spacial score (nSPS) is 12.7. The number of benzene rings is 1. The summed E-state index contributed by atoms with van der Waals surface area (Å²) in [5.41, 5.74) is 0. The quantitative estimate of drug-likeness (QED) is 0.805. The lowest BCUT2D eigenvalue weighted by atomic mass is 10.1. The summed E-state index contributed by atoms with van der Waals surface area (Å²) in [6.07, 6.45) is 0.764. The standard InChI is InChI=1S/C15H14O6/c1-8(16)3-4-11-9-5-12-13(20-7-19-12)6-10(9)14(21-11)15(17)18-2/h5-6H,3-4,7H2,1-2H3. The molecule has 0 bridgehead atoms. The maximum absolute atomic E-state index is 11.8. The topological polar surface area (TPSA) is 75.0 Å². The van der Waals surface area contributed by atoms with Crippen LogP contribution >= 0.6 is 0 Å². The molecule has 0 N–H and O–H groups in total. The molecule has 21 heavy (non-hydrogen) atoms. The molecule has 0 aliphatic carbocycles. The molecule has 1 aromatic heterocycles. The van der Waals surface area contributed by atoms with E-state index in [9.17, 15) is 9.59 Å². The van der Waals surface area contributed by atoms with Gasteiger partial charge in [0.05, 0.1) is 7.11 Å². The molecule has 0 amide bonds. The second-order valence-corrected chi connectivity index (χ2v) is 4.80. The molecule has 0 saturated carbocycles. The number of furan rings is 1. The summed E-state index contributed by atoms with van der Waals surface area (Å²) in [5.74, 6) is 1.34. The van der Waals surface area contributed by atoms with E-state index in [-0.39, 0.29) is 18.3 Å². The number of carbonyl (C=O) groups excluding carboxylic acids is 2. The third-order valence-corrected chi connectivity index (χ3v) is 3.36. The van der Waals surface area contributed by atoms with Crippen LogP contribution in [0.15, 0.2) is 16.5 Å². The SMILES string of the molecule is COC(=O)c1oc(CCC(C)=O)c2cc3c(cc12)OCO3. The van der Waals surface area contributed by atoms with E-state index in [1.54, 1.807) is 12.1 Å². The molecule has 0 fully saturated rings. The fourth-order valence-electron chi connectivity index (χ4n) is 2.31. The Balaban J connectivity index is 2.13. The smallest absolute Gasteiger partial charge is 0.374 e. The first-order chi connectivity index (χ1) is 10.1. The number of rotatable bonds is 4. The number of hydrogen-bond acceptors (Lipinski definition) is 6. The predicted octanol–water partition coefficient (Wildman–Crippen LogP) is 2.47. The van der Waals surface area contributed by atoms with Crippen molar-refractivity contribution in [2.24, 2.45) is 0 Å². The molecule has 2 heterocycles. The first kappa shape index (κ1) is 13.5. The Morgan fingerprint density at radius 1 is 1.19 bits per heavy atom. The summed E-state index contributed by atoms with van der Waals surface area (Å²) in [6, 6.07) is 3.47. The highest BCUT2D eigenvalue weighted by Gasteiger charge is 2.24. The van der Waals surface area contributed by atoms with Gasteiger partial charge in [0.2, 0.25) is 12.6 Å². The van der Waals surface area contributed by atoms with Gasteiger partial charge in [-0.1, -0.05) is 0 Å². The molecule has 0 saturated heterocycles. The van der Waals surface area contributed by atoms with Gasteiger partial charge in [0.1, 0.15) is 11.5 Å². The van der Waals surface area contributed by atoms with Crippen LogP contribution in [-0.4, -0.2) is 25.7 Å². The first-order valence-electron chi connectivity index (χ1n) is 6.53. The molecule has 0 unspecified atom stereocenters. The van der Waals surface area contributed by atoms with Gasteiger partial charge >= 0.3 is 5.97 Å². The van der Waals surface area contributed by atoms with Gasteiger partial charge in [-0.3, -0.25) is 0 Å². The molecule has 2 aromatic rings. The maximum atomic E-state index is 11.8. The number of ether oxygens (including phenoxy) is 3. The Morgan fingerprint density at radius 2 is 1.86 bits per heavy atom. The lowest BCUT2D eigenvalue weighted by Crippen LogP contribution is -1.99. The highest BCUT2D eigenvalue weighted by molar-refractivity contribution is 6.04. The van der Waals surface area contributed by atoms with Crippen molar-refractivity contribution in [1.29, 1.82) is 0 Å². The Bertz CT molecular complexity index is 727. The molecule has 1 aliphatic rings. The third kappa shape index (κ3) is 2.33. The Morgan fingerprint density at radius 3 is 2.48 bits per heavy atom. The second kappa shape index (κ2) is 5.12. The van der Waals surface area contributed by atoms with Gasteiger partial charge in [-0.05, 0) is 19.1 Å². The summed E-state index contributed by atoms with van der Waals surface area (Å²) in [7, 11) is 1.29. The number of carbonyl (C=O) groups is 2. The van der Waals surface area contributed by atoms with E-state index in [1.165, 1.54) is 14.0 Å². The molecule has 3 rings (SSSR count). The van der Waals surface area contributed by atoms with Crippen LogP contribution in [0.25, 0.3) is 10.8 Å². The van der Waals surface area contributed by atoms with E-state index < -0.39 is 5.97 Å². The van der Waals surface area contributed by atoms with Crippen molar-refractivity contribution in [2.75, 3.05) is 13.9 Å². The summed E-state index contributed by atoms with van der Waals surface area (Å²) in [4.78, 5) is 23.0. The van der Waals surface area contributed by atoms with E-state index in [0.29, 0.717) is 35.5 Å². The van der Waals surface area contributed by atoms with Crippen molar-refractivity contribution < 1.29 is 28.2 Å². The van der Waals surface area contributed by atoms with Gasteiger partial charge in [0, 0.05) is 23.6 Å². The van der Waals surface area contributed by atoms with Crippen LogP contribution in [0.4, 0.5) is 0 Å². The zero-order valence-corrected chi connectivity index (χ0v) is 11.7. The van der Waals surface area contributed by atoms with Gasteiger partial charge in [-0.25, -0.2) is 4.79 Å². The van der Waals surface area contributed by atoms with E-state index in [2.05, 4.69) is 0 Å². The van der Waals surface area contributed by atoms with E-state index in [0.717, 1.165) is 5.39 Å². The number of methoxy groups -OCH3 is 1. The number of esters is 1. The van der Waals surface area contributed by atoms with Crippen molar-refractivity contribution >= 4 is 22.5 Å². The minimum Gasteiger partial charge on any atom is -0.463 e. The molecular weight excluding hydrogens is 276 g/mol. The third-order valence-electron chi connectivity index (χ3n) is 3.36. The number of hydrogen-bond donors (Lipinski definition) is 0. The van der Waals surface area contributed by atoms with Crippen molar-refractivity contribution in [2.45, 2.75) is 19.8 Å².